The molecule has 2 amide bonds. The lowest BCUT2D eigenvalue weighted by molar-refractivity contribution is 0.140. The van der Waals surface area contributed by atoms with Crippen LogP contribution in [-0.2, 0) is 0 Å². The van der Waals surface area contributed by atoms with Gasteiger partial charge in [0.25, 0.3) is 0 Å². The first-order valence-corrected chi connectivity index (χ1v) is 6.59. The lowest BCUT2D eigenvalue weighted by atomic mass is 9.88. The summed E-state index contributed by atoms with van der Waals surface area (Å²) in [6.45, 7) is 3.30. The molecule has 0 bridgehead atoms. The van der Waals surface area contributed by atoms with Gasteiger partial charge < -0.3 is 16.0 Å². The van der Waals surface area contributed by atoms with Gasteiger partial charge in [0.2, 0.25) is 0 Å². The zero-order valence-corrected chi connectivity index (χ0v) is 10.8. The number of carbonyl (C=O) groups is 1. The van der Waals surface area contributed by atoms with E-state index < -0.39 is 0 Å². The Balaban J connectivity index is 2.12. The zero-order valence-electron chi connectivity index (χ0n) is 10.8. The van der Waals surface area contributed by atoms with E-state index in [9.17, 15) is 4.79 Å². The fourth-order valence-corrected chi connectivity index (χ4v) is 2.57. The summed E-state index contributed by atoms with van der Waals surface area (Å²) >= 11 is 0. The van der Waals surface area contributed by atoms with Gasteiger partial charge in [-0.25, -0.2) is 4.79 Å². The van der Waals surface area contributed by atoms with Crippen molar-refractivity contribution in [2.24, 2.45) is 5.73 Å². The first-order valence-electron chi connectivity index (χ1n) is 6.59. The van der Waals surface area contributed by atoms with E-state index in [1.807, 2.05) is 25.1 Å². The summed E-state index contributed by atoms with van der Waals surface area (Å²) in [6.07, 6.45) is 1.82. The number of hydrogen-bond acceptors (Lipinski definition) is 2. The minimum Gasteiger partial charge on any atom is -0.338 e. The van der Waals surface area contributed by atoms with Gasteiger partial charge in [-0.05, 0) is 25.3 Å². The van der Waals surface area contributed by atoms with Crippen molar-refractivity contribution >= 4 is 6.03 Å². The van der Waals surface area contributed by atoms with Crippen molar-refractivity contribution in [1.82, 2.24) is 10.2 Å². The van der Waals surface area contributed by atoms with Gasteiger partial charge in [0, 0.05) is 19.0 Å². The summed E-state index contributed by atoms with van der Waals surface area (Å²) in [6, 6.07) is 10.2. The predicted octanol–water partition coefficient (Wildman–Crippen LogP) is 1.88. The molecular formula is C14H21N3O. The third-order valence-electron chi connectivity index (χ3n) is 3.50. The summed E-state index contributed by atoms with van der Waals surface area (Å²) in [5, 5.41) is 2.82. The first kappa shape index (κ1) is 12.9. The smallest absolute Gasteiger partial charge is 0.318 e. The van der Waals surface area contributed by atoms with E-state index in [-0.39, 0.29) is 18.1 Å². The molecule has 1 aromatic rings. The molecule has 1 aromatic carbocycles. The van der Waals surface area contributed by atoms with Crippen LogP contribution in [0.2, 0.25) is 0 Å². The van der Waals surface area contributed by atoms with Crippen LogP contribution in [0.25, 0.3) is 0 Å². The second-order valence-electron chi connectivity index (χ2n) is 4.68. The van der Waals surface area contributed by atoms with E-state index in [0.717, 1.165) is 19.4 Å². The third kappa shape index (κ3) is 2.64. The highest BCUT2D eigenvalue weighted by Crippen LogP contribution is 2.29. The SMILES string of the molecule is CCNC(=O)N1CCCC(c2ccccc2)C1N. The second kappa shape index (κ2) is 5.87. The van der Waals surface area contributed by atoms with E-state index in [0.29, 0.717) is 6.54 Å². The van der Waals surface area contributed by atoms with Gasteiger partial charge in [-0.15, -0.1) is 0 Å². The summed E-state index contributed by atoms with van der Waals surface area (Å²) in [5.74, 6) is 0.238. The molecule has 2 atom stereocenters. The molecule has 0 saturated carbocycles. The van der Waals surface area contributed by atoms with Gasteiger partial charge in [-0.1, -0.05) is 30.3 Å². The van der Waals surface area contributed by atoms with Crippen molar-refractivity contribution in [1.29, 1.82) is 0 Å². The molecule has 0 aliphatic carbocycles. The highest BCUT2D eigenvalue weighted by Gasteiger charge is 2.32. The molecule has 1 saturated heterocycles. The minimum absolute atomic E-state index is 0.0503. The van der Waals surface area contributed by atoms with Crippen LogP contribution >= 0.6 is 0 Å². The molecule has 0 spiro atoms. The fourth-order valence-electron chi connectivity index (χ4n) is 2.57. The Labute approximate surface area is 108 Å². The number of hydrogen-bond donors (Lipinski definition) is 2. The molecule has 1 fully saturated rings. The van der Waals surface area contributed by atoms with Gasteiger partial charge in [0.1, 0.15) is 0 Å². The molecule has 0 radical (unpaired) electrons. The number of nitrogens with one attached hydrogen (secondary N) is 1. The van der Waals surface area contributed by atoms with Gasteiger partial charge in [-0.2, -0.15) is 0 Å². The summed E-state index contributed by atoms with van der Waals surface area (Å²) in [7, 11) is 0. The Morgan fingerprint density at radius 3 is 2.83 bits per heavy atom. The van der Waals surface area contributed by atoms with Crippen molar-refractivity contribution in [3.05, 3.63) is 35.9 Å². The van der Waals surface area contributed by atoms with Crippen LogP contribution in [0, 0.1) is 0 Å². The fraction of sp³-hybridized carbons (Fsp3) is 0.500. The highest BCUT2D eigenvalue weighted by atomic mass is 16.2. The molecule has 4 nitrogen and oxygen atoms in total. The molecule has 0 aromatic heterocycles. The standard InChI is InChI=1S/C14H21N3O/c1-2-16-14(18)17-10-6-9-12(13(17)15)11-7-4-3-5-8-11/h3-5,7-8,12-13H,2,6,9-10,15H2,1H3,(H,16,18). The normalized spacial score (nSPS) is 23.8. The summed E-state index contributed by atoms with van der Waals surface area (Å²) in [5.41, 5.74) is 7.47. The number of nitrogens with zero attached hydrogens (tertiary/aromatic N) is 1. The van der Waals surface area contributed by atoms with Gasteiger partial charge in [-0.3, -0.25) is 0 Å². The van der Waals surface area contributed by atoms with Crippen LogP contribution in [-0.4, -0.2) is 30.2 Å². The van der Waals surface area contributed by atoms with Crippen molar-refractivity contribution in [3.8, 4) is 0 Å². The minimum atomic E-state index is -0.229. The second-order valence-corrected chi connectivity index (χ2v) is 4.68. The van der Waals surface area contributed by atoms with E-state index in [1.165, 1.54) is 5.56 Å². The van der Waals surface area contributed by atoms with Crippen molar-refractivity contribution < 1.29 is 4.79 Å². The monoisotopic (exact) mass is 247 g/mol. The number of urea groups is 1. The molecule has 1 aliphatic rings. The van der Waals surface area contributed by atoms with Crippen LogP contribution in [0.5, 0.6) is 0 Å². The Hall–Kier alpha value is -1.55. The van der Waals surface area contributed by atoms with Crippen LogP contribution in [0.3, 0.4) is 0 Å². The van der Waals surface area contributed by atoms with E-state index in [4.69, 9.17) is 5.73 Å². The summed E-state index contributed by atoms with van der Waals surface area (Å²) < 4.78 is 0. The highest BCUT2D eigenvalue weighted by molar-refractivity contribution is 5.74. The maximum Gasteiger partial charge on any atom is 0.318 e. The molecule has 1 heterocycles. The molecule has 2 unspecified atom stereocenters. The van der Waals surface area contributed by atoms with E-state index in [2.05, 4.69) is 17.4 Å². The molecule has 2 rings (SSSR count). The van der Waals surface area contributed by atoms with Gasteiger partial charge in [0.15, 0.2) is 0 Å². The zero-order chi connectivity index (χ0) is 13.0. The number of amides is 2. The number of nitrogens with two attached hydrogens (primary N) is 1. The van der Waals surface area contributed by atoms with Crippen LogP contribution < -0.4 is 11.1 Å². The Morgan fingerprint density at radius 2 is 2.17 bits per heavy atom. The molecule has 3 N–H and O–H groups in total. The van der Waals surface area contributed by atoms with E-state index >= 15 is 0 Å². The Bertz CT molecular complexity index is 393. The lowest BCUT2D eigenvalue weighted by Gasteiger charge is -2.39. The third-order valence-corrected chi connectivity index (χ3v) is 3.50. The number of piperidine rings is 1. The topological polar surface area (TPSA) is 58.4 Å². The van der Waals surface area contributed by atoms with E-state index in [1.54, 1.807) is 4.90 Å². The Morgan fingerprint density at radius 1 is 1.44 bits per heavy atom. The molecule has 98 valence electrons. The van der Waals surface area contributed by atoms with Crippen molar-refractivity contribution in [2.45, 2.75) is 31.8 Å². The average molecular weight is 247 g/mol. The number of benzene rings is 1. The number of carbonyl (C=O) groups excluding carboxylic acids is 1. The van der Waals surface area contributed by atoms with Crippen molar-refractivity contribution in [3.63, 3.8) is 0 Å². The first-order chi connectivity index (χ1) is 8.74. The lowest BCUT2D eigenvalue weighted by Crippen LogP contribution is -2.55. The largest absolute Gasteiger partial charge is 0.338 e. The number of likely N-dealkylation sites (tertiary alicyclic amines) is 1. The maximum atomic E-state index is 11.9. The van der Waals surface area contributed by atoms with Gasteiger partial charge in [0.05, 0.1) is 6.17 Å². The van der Waals surface area contributed by atoms with Crippen LogP contribution in [0.4, 0.5) is 4.79 Å². The van der Waals surface area contributed by atoms with Crippen LogP contribution in [0.1, 0.15) is 31.2 Å². The quantitative estimate of drug-likeness (QED) is 0.838. The molecule has 1 aliphatic heterocycles. The average Bonchev–Trinajstić information content (AvgIpc) is 2.40. The predicted molar refractivity (Wildman–Crippen MR) is 72.2 cm³/mol. The van der Waals surface area contributed by atoms with Gasteiger partial charge >= 0.3 is 6.03 Å². The van der Waals surface area contributed by atoms with Crippen molar-refractivity contribution in [2.75, 3.05) is 13.1 Å². The molecule has 4 heteroatoms. The molecular weight excluding hydrogens is 226 g/mol. The summed E-state index contributed by atoms with van der Waals surface area (Å²) in [4.78, 5) is 13.7. The number of rotatable bonds is 2. The van der Waals surface area contributed by atoms with Crippen LogP contribution in [0.15, 0.2) is 30.3 Å². The molecule has 18 heavy (non-hydrogen) atoms. The Kier molecular flexibility index (Phi) is 4.20. The maximum absolute atomic E-state index is 11.9.